The van der Waals surface area contributed by atoms with Crippen LogP contribution < -0.4 is 5.32 Å². The van der Waals surface area contributed by atoms with Gasteiger partial charge in [-0.2, -0.15) is 0 Å². The fourth-order valence-corrected chi connectivity index (χ4v) is 0.797. The molecule has 0 aromatic rings. The van der Waals surface area contributed by atoms with E-state index in [4.69, 9.17) is 4.74 Å². The van der Waals surface area contributed by atoms with Crippen LogP contribution in [0.2, 0.25) is 0 Å². The molecular formula is C9H19NO. The van der Waals surface area contributed by atoms with Crippen molar-refractivity contribution in [2.24, 2.45) is 0 Å². The molecule has 0 aromatic carbocycles. The Hall–Kier alpha value is -0.500. The summed E-state index contributed by atoms with van der Waals surface area (Å²) < 4.78 is 5.37. The highest BCUT2D eigenvalue weighted by Crippen LogP contribution is 1.94. The van der Waals surface area contributed by atoms with Gasteiger partial charge in [-0.15, -0.1) is 0 Å². The van der Waals surface area contributed by atoms with E-state index in [1.807, 2.05) is 20.0 Å². The largest absolute Gasteiger partial charge is 0.389 e. The minimum Gasteiger partial charge on any atom is -0.389 e. The van der Waals surface area contributed by atoms with E-state index >= 15 is 0 Å². The van der Waals surface area contributed by atoms with Gasteiger partial charge >= 0.3 is 0 Å². The number of nitrogens with one attached hydrogen (secondary N) is 1. The molecule has 2 nitrogen and oxygen atoms in total. The van der Waals surface area contributed by atoms with Crippen LogP contribution in [0.3, 0.4) is 0 Å². The van der Waals surface area contributed by atoms with Gasteiger partial charge in [0.15, 0.2) is 0 Å². The maximum atomic E-state index is 5.37. The van der Waals surface area contributed by atoms with Gasteiger partial charge in [-0.25, -0.2) is 0 Å². The highest BCUT2D eigenvalue weighted by Gasteiger charge is 1.99. The topological polar surface area (TPSA) is 21.3 Å². The van der Waals surface area contributed by atoms with Gasteiger partial charge in [0.2, 0.25) is 0 Å². The first kappa shape index (κ1) is 10.5. The number of rotatable bonds is 0. The summed E-state index contributed by atoms with van der Waals surface area (Å²) in [4.78, 5) is 0. The van der Waals surface area contributed by atoms with Crippen molar-refractivity contribution >= 4 is 0 Å². The lowest BCUT2D eigenvalue weighted by atomic mass is 10.3. The van der Waals surface area contributed by atoms with Crippen LogP contribution in [0.15, 0.2) is 12.3 Å². The zero-order valence-corrected chi connectivity index (χ0v) is 7.76. The fraction of sp³-hybridized carbons (Fsp3) is 0.778. The van der Waals surface area contributed by atoms with E-state index in [0.717, 1.165) is 19.6 Å². The van der Waals surface area contributed by atoms with Crippen LogP contribution >= 0.6 is 0 Å². The molecule has 1 aliphatic heterocycles. The average Bonchev–Trinajstić information content (AvgIpc) is 2.01. The standard InChI is InChI=1S/C7H13NO.C2H6/c1-7-6-8-4-2-3-5-9-7;1-2/h2,4,7-8H,3,5-6H2,1H3;1-2H3/b4-2-;. The van der Waals surface area contributed by atoms with Gasteiger partial charge in [0.25, 0.3) is 0 Å². The predicted octanol–water partition coefficient (Wildman–Crippen LogP) is 1.92. The normalized spacial score (nSPS) is 26.6. The lowest BCUT2D eigenvalue weighted by Gasteiger charge is -2.14. The van der Waals surface area contributed by atoms with E-state index in [0.29, 0.717) is 6.10 Å². The van der Waals surface area contributed by atoms with E-state index in [-0.39, 0.29) is 0 Å². The van der Waals surface area contributed by atoms with E-state index in [2.05, 4.69) is 18.3 Å². The summed E-state index contributed by atoms with van der Waals surface area (Å²) in [6.45, 7) is 7.86. The number of hydrogen-bond acceptors (Lipinski definition) is 2. The number of ether oxygens (including phenoxy) is 1. The van der Waals surface area contributed by atoms with E-state index in [9.17, 15) is 0 Å². The molecule has 1 rings (SSSR count). The van der Waals surface area contributed by atoms with E-state index < -0.39 is 0 Å². The van der Waals surface area contributed by atoms with Crippen molar-refractivity contribution in [2.45, 2.75) is 33.3 Å². The Morgan fingerprint density at radius 2 is 2.18 bits per heavy atom. The molecule has 1 unspecified atom stereocenters. The summed E-state index contributed by atoms with van der Waals surface area (Å²) in [7, 11) is 0. The molecule has 0 aromatic heterocycles. The molecule has 1 atom stereocenters. The Labute approximate surface area is 69.6 Å². The Kier molecular flexibility index (Phi) is 7.26. The first-order valence-corrected chi connectivity index (χ1v) is 4.39. The van der Waals surface area contributed by atoms with Gasteiger partial charge in [0.1, 0.15) is 0 Å². The second-order valence-corrected chi connectivity index (χ2v) is 2.28. The second kappa shape index (κ2) is 7.61. The zero-order valence-electron chi connectivity index (χ0n) is 7.76. The molecule has 0 aliphatic carbocycles. The minimum absolute atomic E-state index is 0.356. The molecule has 0 bridgehead atoms. The first-order valence-electron chi connectivity index (χ1n) is 4.39. The van der Waals surface area contributed by atoms with Crippen molar-refractivity contribution in [3.05, 3.63) is 12.3 Å². The third kappa shape index (κ3) is 5.92. The molecule has 0 fully saturated rings. The van der Waals surface area contributed by atoms with Gasteiger partial charge in [-0.1, -0.05) is 19.9 Å². The van der Waals surface area contributed by atoms with Crippen LogP contribution in [0.1, 0.15) is 27.2 Å². The van der Waals surface area contributed by atoms with Gasteiger partial charge in [-0.05, 0) is 19.5 Å². The van der Waals surface area contributed by atoms with Crippen LogP contribution in [0.4, 0.5) is 0 Å². The van der Waals surface area contributed by atoms with Crippen LogP contribution in [0, 0.1) is 0 Å². The first-order chi connectivity index (χ1) is 5.39. The van der Waals surface area contributed by atoms with Crippen molar-refractivity contribution in [3.63, 3.8) is 0 Å². The molecule has 0 radical (unpaired) electrons. The van der Waals surface area contributed by atoms with Gasteiger partial charge < -0.3 is 10.1 Å². The van der Waals surface area contributed by atoms with E-state index in [1.54, 1.807) is 0 Å². The average molecular weight is 157 g/mol. The summed E-state index contributed by atoms with van der Waals surface area (Å²) >= 11 is 0. The maximum Gasteiger partial charge on any atom is 0.0719 e. The highest BCUT2D eigenvalue weighted by molar-refractivity contribution is 4.81. The van der Waals surface area contributed by atoms with Crippen molar-refractivity contribution in [1.82, 2.24) is 5.32 Å². The molecular weight excluding hydrogens is 138 g/mol. The fourth-order valence-electron chi connectivity index (χ4n) is 0.797. The smallest absolute Gasteiger partial charge is 0.0719 e. The van der Waals surface area contributed by atoms with Gasteiger partial charge in [-0.3, -0.25) is 0 Å². The Morgan fingerprint density at radius 1 is 1.45 bits per heavy atom. The maximum absolute atomic E-state index is 5.37. The monoisotopic (exact) mass is 157 g/mol. The minimum atomic E-state index is 0.356. The molecule has 0 amide bonds. The van der Waals surface area contributed by atoms with Crippen LogP contribution in [-0.4, -0.2) is 19.3 Å². The highest BCUT2D eigenvalue weighted by atomic mass is 16.5. The lowest BCUT2D eigenvalue weighted by molar-refractivity contribution is 0.0693. The van der Waals surface area contributed by atoms with Crippen molar-refractivity contribution in [1.29, 1.82) is 0 Å². The van der Waals surface area contributed by atoms with Crippen molar-refractivity contribution < 1.29 is 4.74 Å². The molecule has 1 aliphatic rings. The number of hydrogen-bond donors (Lipinski definition) is 1. The summed E-state index contributed by atoms with van der Waals surface area (Å²) in [6, 6.07) is 0. The molecule has 2 heteroatoms. The SMILES string of the molecule is CC.CC1CN/C=C\CCO1. The summed E-state index contributed by atoms with van der Waals surface area (Å²) in [5.74, 6) is 0. The Morgan fingerprint density at radius 3 is 2.91 bits per heavy atom. The Balaban J connectivity index is 0.000000461. The van der Waals surface area contributed by atoms with Crippen molar-refractivity contribution in [2.75, 3.05) is 13.2 Å². The molecule has 1 N–H and O–H groups in total. The molecule has 1 heterocycles. The van der Waals surface area contributed by atoms with Crippen molar-refractivity contribution in [3.8, 4) is 0 Å². The predicted molar refractivity (Wildman–Crippen MR) is 48.5 cm³/mol. The Bertz CT molecular complexity index is 102. The van der Waals surface area contributed by atoms with Gasteiger partial charge in [0.05, 0.1) is 12.7 Å². The van der Waals surface area contributed by atoms with E-state index in [1.165, 1.54) is 0 Å². The third-order valence-electron chi connectivity index (χ3n) is 1.33. The third-order valence-corrected chi connectivity index (χ3v) is 1.33. The van der Waals surface area contributed by atoms with Crippen LogP contribution in [0.5, 0.6) is 0 Å². The summed E-state index contributed by atoms with van der Waals surface area (Å²) in [5, 5.41) is 3.13. The van der Waals surface area contributed by atoms with Crippen LogP contribution in [0.25, 0.3) is 0 Å². The molecule has 0 spiro atoms. The molecule has 0 saturated heterocycles. The molecule has 66 valence electrons. The summed E-state index contributed by atoms with van der Waals surface area (Å²) in [5.41, 5.74) is 0. The second-order valence-electron chi connectivity index (χ2n) is 2.28. The molecule has 0 saturated carbocycles. The zero-order chi connectivity index (χ0) is 8.53. The summed E-state index contributed by atoms with van der Waals surface area (Å²) in [6.07, 6.45) is 5.47. The molecule has 11 heavy (non-hydrogen) atoms. The quantitative estimate of drug-likeness (QED) is 0.580. The van der Waals surface area contributed by atoms with Crippen LogP contribution in [-0.2, 0) is 4.74 Å². The van der Waals surface area contributed by atoms with Gasteiger partial charge in [0, 0.05) is 6.54 Å². The lowest BCUT2D eigenvalue weighted by Crippen LogP contribution is -2.24.